The molecule has 0 bridgehead atoms. The number of hydrogen-bond acceptors (Lipinski definition) is 2. The summed E-state index contributed by atoms with van der Waals surface area (Å²) < 4.78 is 0. The number of aliphatic hydroxyl groups is 1. The zero-order chi connectivity index (χ0) is 10.1. The van der Waals surface area contributed by atoms with Crippen molar-refractivity contribution in [1.29, 1.82) is 0 Å². The van der Waals surface area contributed by atoms with E-state index in [-0.39, 0.29) is 0 Å². The summed E-state index contributed by atoms with van der Waals surface area (Å²) in [7, 11) is 0. The quantitative estimate of drug-likeness (QED) is 0.668. The molecule has 0 heterocycles. The Morgan fingerprint density at radius 1 is 1.29 bits per heavy atom. The molecule has 0 saturated carbocycles. The van der Waals surface area contributed by atoms with Gasteiger partial charge in [0.15, 0.2) is 0 Å². The zero-order valence-electron chi connectivity index (χ0n) is 8.59. The van der Waals surface area contributed by atoms with Crippen molar-refractivity contribution in [2.45, 2.75) is 38.7 Å². The Bertz CT molecular complexity index is 344. The van der Waals surface area contributed by atoms with E-state index in [0.717, 1.165) is 24.1 Å². The molecule has 0 amide bonds. The lowest BCUT2D eigenvalue weighted by Crippen LogP contribution is -2.09. The predicted octanol–water partition coefficient (Wildman–Crippen LogP) is 2.20. The van der Waals surface area contributed by atoms with Gasteiger partial charge in [-0.05, 0) is 43.7 Å². The van der Waals surface area contributed by atoms with Crippen LogP contribution in [-0.4, -0.2) is 5.11 Å². The minimum Gasteiger partial charge on any atom is -0.398 e. The van der Waals surface area contributed by atoms with Gasteiger partial charge in [-0.15, -0.1) is 0 Å². The SMILES string of the molecule is CC(O)c1ccc2c(c1N)CCCC2. The van der Waals surface area contributed by atoms with E-state index in [1.54, 1.807) is 6.92 Å². The van der Waals surface area contributed by atoms with Crippen molar-refractivity contribution in [2.24, 2.45) is 0 Å². The van der Waals surface area contributed by atoms with Crippen molar-refractivity contribution < 1.29 is 5.11 Å². The second-order valence-electron chi connectivity index (χ2n) is 4.09. The molecule has 2 rings (SSSR count). The normalized spacial score (nSPS) is 17.6. The molecule has 2 nitrogen and oxygen atoms in total. The largest absolute Gasteiger partial charge is 0.398 e. The second kappa shape index (κ2) is 3.62. The molecule has 0 radical (unpaired) electrons. The van der Waals surface area contributed by atoms with E-state index in [1.165, 1.54) is 24.0 Å². The molecular formula is C12H17NO. The fourth-order valence-electron chi connectivity index (χ4n) is 2.24. The summed E-state index contributed by atoms with van der Waals surface area (Å²) in [6, 6.07) is 4.08. The van der Waals surface area contributed by atoms with Gasteiger partial charge in [-0.2, -0.15) is 0 Å². The number of anilines is 1. The monoisotopic (exact) mass is 191 g/mol. The third-order valence-electron chi connectivity index (χ3n) is 3.06. The molecule has 0 aliphatic heterocycles. The van der Waals surface area contributed by atoms with Gasteiger partial charge in [0.25, 0.3) is 0 Å². The fourth-order valence-corrected chi connectivity index (χ4v) is 2.24. The molecule has 3 N–H and O–H groups in total. The smallest absolute Gasteiger partial charge is 0.0781 e. The molecule has 1 atom stereocenters. The van der Waals surface area contributed by atoms with E-state index >= 15 is 0 Å². The number of aliphatic hydroxyl groups excluding tert-OH is 1. The van der Waals surface area contributed by atoms with Gasteiger partial charge >= 0.3 is 0 Å². The molecule has 0 spiro atoms. The molecule has 1 aromatic carbocycles. The van der Waals surface area contributed by atoms with Crippen LogP contribution in [-0.2, 0) is 12.8 Å². The summed E-state index contributed by atoms with van der Waals surface area (Å²) in [5.41, 5.74) is 10.4. The van der Waals surface area contributed by atoms with Crippen molar-refractivity contribution in [1.82, 2.24) is 0 Å². The highest BCUT2D eigenvalue weighted by Crippen LogP contribution is 2.31. The first-order chi connectivity index (χ1) is 6.70. The summed E-state index contributed by atoms with van der Waals surface area (Å²) in [6.07, 6.45) is 4.24. The summed E-state index contributed by atoms with van der Waals surface area (Å²) in [4.78, 5) is 0. The van der Waals surface area contributed by atoms with Crippen molar-refractivity contribution in [3.63, 3.8) is 0 Å². The van der Waals surface area contributed by atoms with E-state index in [9.17, 15) is 5.11 Å². The molecule has 1 aliphatic carbocycles. The lowest BCUT2D eigenvalue weighted by atomic mass is 9.88. The van der Waals surface area contributed by atoms with Crippen molar-refractivity contribution >= 4 is 5.69 Å². The lowest BCUT2D eigenvalue weighted by Gasteiger charge is -2.20. The highest BCUT2D eigenvalue weighted by Gasteiger charge is 2.16. The van der Waals surface area contributed by atoms with Crippen LogP contribution in [0.2, 0.25) is 0 Å². The fraction of sp³-hybridized carbons (Fsp3) is 0.500. The van der Waals surface area contributed by atoms with Crippen molar-refractivity contribution in [2.75, 3.05) is 5.73 Å². The summed E-state index contributed by atoms with van der Waals surface area (Å²) in [5, 5.41) is 9.53. The average Bonchev–Trinajstić information content (AvgIpc) is 2.18. The Hall–Kier alpha value is -1.02. The van der Waals surface area contributed by atoms with E-state index in [0.29, 0.717) is 0 Å². The van der Waals surface area contributed by atoms with Gasteiger partial charge in [-0.1, -0.05) is 12.1 Å². The van der Waals surface area contributed by atoms with E-state index < -0.39 is 6.10 Å². The van der Waals surface area contributed by atoms with Gasteiger partial charge < -0.3 is 10.8 Å². The zero-order valence-corrected chi connectivity index (χ0v) is 8.59. The van der Waals surface area contributed by atoms with E-state index in [2.05, 4.69) is 6.07 Å². The molecule has 14 heavy (non-hydrogen) atoms. The maximum absolute atomic E-state index is 9.53. The summed E-state index contributed by atoms with van der Waals surface area (Å²) >= 11 is 0. The van der Waals surface area contributed by atoms with Gasteiger partial charge in [0.1, 0.15) is 0 Å². The Morgan fingerprint density at radius 3 is 2.71 bits per heavy atom. The number of benzene rings is 1. The minimum atomic E-state index is -0.456. The van der Waals surface area contributed by atoms with Gasteiger partial charge in [-0.3, -0.25) is 0 Å². The maximum Gasteiger partial charge on any atom is 0.0781 e. The number of fused-ring (bicyclic) bond motifs is 1. The number of nitrogens with two attached hydrogens (primary N) is 1. The average molecular weight is 191 g/mol. The summed E-state index contributed by atoms with van der Waals surface area (Å²) in [6.45, 7) is 1.76. The predicted molar refractivity (Wildman–Crippen MR) is 58.1 cm³/mol. The van der Waals surface area contributed by atoms with Crippen LogP contribution < -0.4 is 5.73 Å². The molecule has 1 aromatic rings. The Kier molecular flexibility index (Phi) is 2.46. The highest BCUT2D eigenvalue weighted by molar-refractivity contribution is 5.58. The Labute approximate surface area is 84.7 Å². The first kappa shape index (κ1) is 9.53. The van der Waals surface area contributed by atoms with Crippen LogP contribution >= 0.6 is 0 Å². The Morgan fingerprint density at radius 2 is 2.00 bits per heavy atom. The van der Waals surface area contributed by atoms with Crippen molar-refractivity contribution in [3.05, 3.63) is 28.8 Å². The third-order valence-corrected chi connectivity index (χ3v) is 3.06. The molecule has 2 heteroatoms. The summed E-state index contributed by atoms with van der Waals surface area (Å²) in [5.74, 6) is 0. The Balaban J connectivity index is 2.49. The van der Waals surface area contributed by atoms with Crippen LogP contribution in [0.1, 0.15) is 42.6 Å². The van der Waals surface area contributed by atoms with Crippen LogP contribution in [0.3, 0.4) is 0 Å². The lowest BCUT2D eigenvalue weighted by molar-refractivity contribution is 0.200. The second-order valence-corrected chi connectivity index (χ2v) is 4.09. The first-order valence-electron chi connectivity index (χ1n) is 5.28. The number of hydrogen-bond donors (Lipinski definition) is 2. The molecule has 0 fully saturated rings. The molecule has 1 unspecified atom stereocenters. The van der Waals surface area contributed by atoms with Gasteiger partial charge in [0.05, 0.1) is 6.10 Å². The van der Waals surface area contributed by atoms with Crippen LogP contribution in [0.15, 0.2) is 12.1 Å². The standard InChI is InChI=1S/C12H17NO/c1-8(14)10-7-6-9-4-2-3-5-11(9)12(10)13/h6-8,14H,2-5,13H2,1H3. The molecular weight excluding hydrogens is 174 g/mol. The van der Waals surface area contributed by atoms with Crippen LogP contribution in [0, 0.1) is 0 Å². The minimum absolute atomic E-state index is 0.456. The highest BCUT2D eigenvalue weighted by atomic mass is 16.3. The molecule has 76 valence electrons. The number of nitrogen functional groups attached to an aromatic ring is 1. The van der Waals surface area contributed by atoms with Crippen LogP contribution in [0.25, 0.3) is 0 Å². The van der Waals surface area contributed by atoms with E-state index in [4.69, 9.17) is 5.73 Å². The third kappa shape index (κ3) is 1.50. The molecule has 0 saturated heterocycles. The first-order valence-corrected chi connectivity index (χ1v) is 5.28. The van der Waals surface area contributed by atoms with Crippen LogP contribution in [0.5, 0.6) is 0 Å². The maximum atomic E-state index is 9.53. The molecule has 1 aliphatic rings. The van der Waals surface area contributed by atoms with Crippen molar-refractivity contribution in [3.8, 4) is 0 Å². The van der Waals surface area contributed by atoms with Gasteiger partial charge in [0, 0.05) is 11.3 Å². The topological polar surface area (TPSA) is 46.2 Å². The van der Waals surface area contributed by atoms with Gasteiger partial charge in [0.2, 0.25) is 0 Å². The molecule has 0 aromatic heterocycles. The van der Waals surface area contributed by atoms with Crippen LogP contribution in [0.4, 0.5) is 5.69 Å². The number of aryl methyl sites for hydroxylation is 1. The van der Waals surface area contributed by atoms with E-state index in [1.807, 2.05) is 6.07 Å². The van der Waals surface area contributed by atoms with Gasteiger partial charge in [-0.25, -0.2) is 0 Å². The number of rotatable bonds is 1.